The van der Waals surface area contributed by atoms with Crippen LogP contribution in [0.5, 0.6) is 0 Å². The highest BCUT2D eigenvalue weighted by molar-refractivity contribution is 6.02. The van der Waals surface area contributed by atoms with Crippen LogP contribution >= 0.6 is 0 Å². The standard InChI is InChI=1S/C16H19N3O3/c1-4-22-16(21)14-10(2)11-7-5-6-8-12(11)18-15(14)19(3)9-13(17)20/h5-8H,4,9H2,1-3H3,(H2,17,20). The molecule has 0 aliphatic heterocycles. The van der Waals surface area contributed by atoms with Crippen LogP contribution in [0.1, 0.15) is 22.8 Å². The topological polar surface area (TPSA) is 85.5 Å². The highest BCUT2D eigenvalue weighted by Gasteiger charge is 2.22. The van der Waals surface area contributed by atoms with Crippen LogP contribution in [-0.4, -0.2) is 37.1 Å². The van der Waals surface area contributed by atoms with Crippen molar-refractivity contribution in [2.24, 2.45) is 5.73 Å². The number of nitrogens with zero attached hydrogens (tertiary/aromatic N) is 2. The molecule has 22 heavy (non-hydrogen) atoms. The van der Waals surface area contributed by atoms with Crippen molar-refractivity contribution in [3.05, 3.63) is 35.4 Å². The van der Waals surface area contributed by atoms with Gasteiger partial charge in [0.2, 0.25) is 5.91 Å². The number of pyridine rings is 1. The number of anilines is 1. The minimum absolute atomic E-state index is 0.0306. The van der Waals surface area contributed by atoms with Gasteiger partial charge in [0.15, 0.2) is 0 Å². The van der Waals surface area contributed by atoms with E-state index in [1.807, 2.05) is 31.2 Å². The number of carbonyl (C=O) groups is 2. The number of hydrogen-bond acceptors (Lipinski definition) is 5. The minimum atomic E-state index is -0.495. The molecule has 0 fully saturated rings. The Bertz CT molecular complexity index is 728. The summed E-state index contributed by atoms with van der Waals surface area (Å²) in [6, 6.07) is 7.52. The van der Waals surface area contributed by atoms with Gasteiger partial charge in [-0.15, -0.1) is 0 Å². The number of ether oxygens (including phenoxy) is 1. The molecule has 0 unspecified atom stereocenters. The van der Waals surface area contributed by atoms with Crippen LogP contribution in [-0.2, 0) is 9.53 Å². The molecule has 0 spiro atoms. The summed E-state index contributed by atoms with van der Waals surface area (Å²) in [6.07, 6.45) is 0. The Kier molecular flexibility index (Phi) is 4.60. The maximum absolute atomic E-state index is 12.3. The summed E-state index contributed by atoms with van der Waals surface area (Å²) < 4.78 is 5.13. The Labute approximate surface area is 128 Å². The van der Waals surface area contributed by atoms with E-state index >= 15 is 0 Å². The van der Waals surface area contributed by atoms with Gasteiger partial charge >= 0.3 is 5.97 Å². The van der Waals surface area contributed by atoms with Crippen LogP contribution in [0.3, 0.4) is 0 Å². The molecule has 0 saturated heterocycles. The Morgan fingerprint density at radius 2 is 2.00 bits per heavy atom. The van der Waals surface area contributed by atoms with E-state index in [2.05, 4.69) is 4.98 Å². The van der Waals surface area contributed by atoms with E-state index in [0.29, 0.717) is 11.4 Å². The summed E-state index contributed by atoms with van der Waals surface area (Å²) in [5.74, 6) is -0.553. The zero-order chi connectivity index (χ0) is 16.3. The van der Waals surface area contributed by atoms with Crippen LogP contribution < -0.4 is 10.6 Å². The van der Waals surface area contributed by atoms with E-state index in [1.165, 1.54) is 0 Å². The fourth-order valence-electron chi connectivity index (χ4n) is 2.39. The number of para-hydroxylation sites is 1. The molecule has 0 atom stereocenters. The minimum Gasteiger partial charge on any atom is -0.462 e. The van der Waals surface area contributed by atoms with Crippen molar-refractivity contribution in [1.29, 1.82) is 0 Å². The Morgan fingerprint density at radius 3 is 2.64 bits per heavy atom. The highest BCUT2D eigenvalue weighted by atomic mass is 16.5. The first kappa shape index (κ1) is 15.8. The summed E-state index contributed by atoms with van der Waals surface area (Å²) in [6.45, 7) is 3.83. The quantitative estimate of drug-likeness (QED) is 0.849. The molecule has 1 aromatic heterocycles. The molecular weight excluding hydrogens is 282 g/mol. The predicted molar refractivity (Wildman–Crippen MR) is 84.9 cm³/mol. The predicted octanol–water partition coefficient (Wildman–Crippen LogP) is 1.64. The molecule has 0 aliphatic carbocycles. The van der Waals surface area contributed by atoms with Crippen molar-refractivity contribution in [2.75, 3.05) is 25.1 Å². The van der Waals surface area contributed by atoms with Crippen LogP contribution in [0, 0.1) is 6.92 Å². The Morgan fingerprint density at radius 1 is 1.32 bits per heavy atom. The number of nitrogens with two attached hydrogens (primary N) is 1. The first-order valence-electron chi connectivity index (χ1n) is 7.01. The van der Waals surface area contributed by atoms with Gasteiger partial charge in [-0.2, -0.15) is 0 Å². The molecule has 6 heteroatoms. The Hall–Kier alpha value is -2.63. The van der Waals surface area contributed by atoms with E-state index < -0.39 is 11.9 Å². The molecule has 0 aliphatic rings. The fraction of sp³-hybridized carbons (Fsp3) is 0.312. The maximum atomic E-state index is 12.3. The molecule has 116 valence electrons. The van der Waals surface area contributed by atoms with Crippen LogP contribution in [0.25, 0.3) is 10.9 Å². The van der Waals surface area contributed by atoms with Crippen LogP contribution in [0.2, 0.25) is 0 Å². The van der Waals surface area contributed by atoms with E-state index in [0.717, 1.165) is 16.5 Å². The summed E-state index contributed by atoms with van der Waals surface area (Å²) in [5.41, 5.74) is 7.13. The van der Waals surface area contributed by atoms with Crippen molar-refractivity contribution >= 4 is 28.6 Å². The normalized spacial score (nSPS) is 10.5. The van der Waals surface area contributed by atoms with Crippen LogP contribution in [0.4, 0.5) is 5.82 Å². The third-order valence-electron chi connectivity index (χ3n) is 3.37. The van der Waals surface area contributed by atoms with Gasteiger partial charge in [0.25, 0.3) is 0 Å². The molecule has 0 radical (unpaired) electrons. The summed E-state index contributed by atoms with van der Waals surface area (Å²) in [5, 5.41) is 0.877. The van der Waals surface area contributed by atoms with E-state index in [4.69, 9.17) is 10.5 Å². The lowest BCUT2D eigenvalue weighted by Crippen LogP contribution is -2.32. The van der Waals surface area contributed by atoms with E-state index in [1.54, 1.807) is 18.9 Å². The van der Waals surface area contributed by atoms with Gasteiger partial charge in [-0.1, -0.05) is 18.2 Å². The molecule has 6 nitrogen and oxygen atoms in total. The van der Waals surface area contributed by atoms with Gasteiger partial charge in [-0.05, 0) is 25.5 Å². The molecule has 1 aromatic carbocycles. The van der Waals surface area contributed by atoms with Gasteiger partial charge < -0.3 is 15.4 Å². The summed E-state index contributed by atoms with van der Waals surface area (Å²) in [4.78, 5) is 29.6. The molecule has 2 rings (SSSR count). The van der Waals surface area contributed by atoms with Crippen molar-refractivity contribution < 1.29 is 14.3 Å². The van der Waals surface area contributed by atoms with Gasteiger partial charge in [-0.25, -0.2) is 9.78 Å². The first-order chi connectivity index (χ1) is 10.5. The lowest BCUT2D eigenvalue weighted by molar-refractivity contribution is -0.116. The van der Waals surface area contributed by atoms with E-state index in [9.17, 15) is 9.59 Å². The average Bonchev–Trinajstić information content (AvgIpc) is 2.46. The Balaban J connectivity index is 2.67. The smallest absolute Gasteiger partial charge is 0.342 e. The second-order valence-corrected chi connectivity index (χ2v) is 5.00. The molecule has 0 saturated carbocycles. The average molecular weight is 301 g/mol. The van der Waals surface area contributed by atoms with Gasteiger partial charge in [0.1, 0.15) is 11.4 Å². The first-order valence-corrected chi connectivity index (χ1v) is 7.01. The zero-order valence-corrected chi connectivity index (χ0v) is 12.9. The van der Waals surface area contributed by atoms with Gasteiger partial charge in [0.05, 0.1) is 18.7 Å². The van der Waals surface area contributed by atoms with Gasteiger partial charge in [0, 0.05) is 12.4 Å². The number of hydrogen-bond donors (Lipinski definition) is 1. The largest absolute Gasteiger partial charge is 0.462 e. The number of esters is 1. The summed E-state index contributed by atoms with van der Waals surface area (Å²) in [7, 11) is 1.67. The lowest BCUT2D eigenvalue weighted by atomic mass is 10.0. The van der Waals surface area contributed by atoms with Crippen LogP contribution in [0.15, 0.2) is 24.3 Å². The number of carbonyl (C=O) groups excluding carboxylic acids is 2. The van der Waals surface area contributed by atoms with Gasteiger partial charge in [-0.3, -0.25) is 4.79 Å². The SMILES string of the molecule is CCOC(=O)c1c(N(C)CC(N)=O)nc2ccccc2c1C. The number of aryl methyl sites for hydroxylation is 1. The van der Waals surface area contributed by atoms with Crippen molar-refractivity contribution in [3.8, 4) is 0 Å². The number of primary amides is 1. The maximum Gasteiger partial charge on any atom is 0.342 e. The number of rotatable bonds is 5. The molecule has 2 N–H and O–H groups in total. The number of amides is 1. The molecule has 2 aromatic rings. The third-order valence-corrected chi connectivity index (χ3v) is 3.37. The number of likely N-dealkylation sites (N-methyl/N-ethyl adjacent to an activating group) is 1. The second-order valence-electron chi connectivity index (χ2n) is 5.00. The number of benzene rings is 1. The number of aromatic nitrogens is 1. The molecular formula is C16H19N3O3. The third kappa shape index (κ3) is 3.00. The lowest BCUT2D eigenvalue weighted by Gasteiger charge is -2.21. The molecule has 1 heterocycles. The molecule has 1 amide bonds. The highest BCUT2D eigenvalue weighted by Crippen LogP contribution is 2.28. The summed E-state index contributed by atoms with van der Waals surface area (Å²) >= 11 is 0. The monoisotopic (exact) mass is 301 g/mol. The van der Waals surface area contributed by atoms with E-state index in [-0.39, 0.29) is 13.2 Å². The van der Waals surface area contributed by atoms with Crippen molar-refractivity contribution in [2.45, 2.75) is 13.8 Å². The second kappa shape index (κ2) is 6.43. The molecule has 0 bridgehead atoms. The van der Waals surface area contributed by atoms with Crippen molar-refractivity contribution in [3.63, 3.8) is 0 Å². The zero-order valence-electron chi connectivity index (χ0n) is 12.9. The number of fused-ring (bicyclic) bond motifs is 1. The van der Waals surface area contributed by atoms with Crippen molar-refractivity contribution in [1.82, 2.24) is 4.98 Å². The fourth-order valence-corrected chi connectivity index (χ4v) is 2.39.